The first-order valence-corrected chi connectivity index (χ1v) is 10.1. The number of para-hydroxylation sites is 1. The van der Waals surface area contributed by atoms with Gasteiger partial charge in [0, 0.05) is 60.3 Å². The summed E-state index contributed by atoms with van der Waals surface area (Å²) in [6.45, 7) is 2.02. The van der Waals surface area contributed by atoms with Crippen LogP contribution in [0.2, 0.25) is 0 Å². The Morgan fingerprint density at radius 3 is 2.59 bits per heavy atom. The van der Waals surface area contributed by atoms with E-state index in [1.807, 2.05) is 19.1 Å². The number of nitrogens with zero attached hydrogens (tertiary/aromatic N) is 2. The summed E-state index contributed by atoms with van der Waals surface area (Å²) in [5.74, 6) is -2.40. The van der Waals surface area contributed by atoms with Crippen LogP contribution in [0, 0.1) is 17.0 Å². The molecule has 177 valence electrons. The zero-order valence-corrected chi connectivity index (χ0v) is 20.9. The normalized spacial score (nSPS) is 11.0. The average molecular weight is 482 g/mol. The number of benzene rings is 1. The van der Waals surface area contributed by atoms with Crippen molar-refractivity contribution in [2.75, 3.05) is 18.4 Å². The number of aromatic nitrogens is 1. The van der Waals surface area contributed by atoms with Crippen molar-refractivity contribution in [3.8, 4) is 5.75 Å². The second-order valence-corrected chi connectivity index (χ2v) is 7.22. The molecule has 1 unspecified atom stereocenters. The summed E-state index contributed by atoms with van der Waals surface area (Å²) in [5, 5.41) is 38.2. The predicted octanol–water partition coefficient (Wildman–Crippen LogP) is 1.26. The van der Waals surface area contributed by atoms with Crippen molar-refractivity contribution in [2.45, 2.75) is 32.2 Å². The van der Waals surface area contributed by atoms with Crippen molar-refractivity contribution in [3.63, 3.8) is 0 Å². The van der Waals surface area contributed by atoms with Crippen molar-refractivity contribution >= 4 is 58.8 Å². The van der Waals surface area contributed by atoms with Crippen molar-refractivity contribution < 1.29 is 29.5 Å². The number of carbonyl (C=O) groups is 3. The summed E-state index contributed by atoms with van der Waals surface area (Å²) in [6.07, 6.45) is 1.70. The Labute approximate surface area is 217 Å². The standard InChI is InChI=1S/C21H25N5O7.Na/c1-13-7-9-23-17(10-13)22-8-3-6-18(27)24-12-19(28)25-15(11-20(29)30)14-4-2-5-16(21(14)31)26(32)33;/h2,4-5,7,9-10,15,31H,3,6,8,11-12H2,1H3,(H,22,23)(H,24,27)(H,25,28)(H,29,30);. The van der Waals surface area contributed by atoms with E-state index in [-0.39, 0.29) is 47.4 Å². The number of carboxylic acids is 1. The number of hydrogen-bond acceptors (Lipinski definition) is 8. The molecule has 0 bridgehead atoms. The molecule has 0 saturated heterocycles. The molecule has 2 amide bonds. The topological polar surface area (TPSA) is 184 Å². The zero-order valence-electron chi connectivity index (χ0n) is 18.9. The minimum atomic E-state index is -1.29. The molecule has 0 aliphatic carbocycles. The Morgan fingerprint density at radius 2 is 1.94 bits per heavy atom. The quantitative estimate of drug-likeness (QED) is 0.129. The number of aryl methyl sites for hydroxylation is 1. The van der Waals surface area contributed by atoms with Crippen molar-refractivity contribution in [1.82, 2.24) is 15.6 Å². The molecule has 34 heavy (non-hydrogen) atoms. The van der Waals surface area contributed by atoms with Gasteiger partial charge in [0.05, 0.1) is 23.9 Å². The number of pyridine rings is 1. The van der Waals surface area contributed by atoms with Crippen LogP contribution in [0.5, 0.6) is 5.75 Å². The van der Waals surface area contributed by atoms with Crippen LogP contribution in [-0.2, 0) is 14.4 Å². The first-order valence-electron chi connectivity index (χ1n) is 10.1. The van der Waals surface area contributed by atoms with Crippen LogP contribution in [0.15, 0.2) is 36.5 Å². The third-order valence-corrected chi connectivity index (χ3v) is 4.58. The molecule has 1 aromatic heterocycles. The Hall–Kier alpha value is -3.22. The number of phenols is 1. The molecule has 12 nitrogen and oxygen atoms in total. The Balaban J connectivity index is 0.00000578. The van der Waals surface area contributed by atoms with Crippen molar-refractivity contribution in [3.05, 3.63) is 57.8 Å². The molecule has 13 heteroatoms. The van der Waals surface area contributed by atoms with Gasteiger partial charge in [0.2, 0.25) is 11.8 Å². The maximum atomic E-state index is 12.2. The maximum absolute atomic E-state index is 12.2. The van der Waals surface area contributed by atoms with Crippen LogP contribution in [0.4, 0.5) is 11.5 Å². The number of nitro groups is 1. The molecule has 0 saturated carbocycles. The number of phenolic OH excluding ortho intramolecular Hbond substituents is 1. The molecule has 0 spiro atoms. The number of rotatable bonds is 12. The van der Waals surface area contributed by atoms with Gasteiger partial charge in [0.25, 0.3) is 0 Å². The minimum Gasteiger partial charge on any atom is -0.502 e. The van der Waals surface area contributed by atoms with Crippen LogP contribution < -0.4 is 16.0 Å². The summed E-state index contributed by atoms with van der Waals surface area (Å²) in [7, 11) is 0. The van der Waals surface area contributed by atoms with E-state index in [0.29, 0.717) is 18.8 Å². The SMILES string of the molecule is Cc1ccnc(NCCCC(=O)NCC(=O)NC(CC(=O)O)c2cccc([N+](=O)[O-])c2O)c1.[Na]. The van der Waals surface area contributed by atoms with Crippen LogP contribution >= 0.6 is 0 Å². The summed E-state index contributed by atoms with van der Waals surface area (Å²) < 4.78 is 0. The number of nitrogens with one attached hydrogen (secondary N) is 3. The average Bonchev–Trinajstić information content (AvgIpc) is 2.74. The summed E-state index contributed by atoms with van der Waals surface area (Å²) in [5.41, 5.74) is 0.331. The van der Waals surface area contributed by atoms with Crippen molar-refractivity contribution in [2.24, 2.45) is 0 Å². The van der Waals surface area contributed by atoms with Gasteiger partial charge in [-0.3, -0.25) is 24.5 Å². The molecule has 0 aliphatic heterocycles. The fourth-order valence-corrected chi connectivity index (χ4v) is 3.00. The molecule has 0 aliphatic rings. The number of amides is 2. The summed E-state index contributed by atoms with van der Waals surface area (Å²) in [4.78, 5) is 49.7. The van der Waals surface area contributed by atoms with Gasteiger partial charge in [-0.05, 0) is 31.0 Å². The first kappa shape index (κ1) is 28.8. The Bertz CT molecular complexity index is 1030. The number of hydrogen-bond donors (Lipinski definition) is 5. The predicted molar refractivity (Wildman–Crippen MR) is 123 cm³/mol. The number of aliphatic carboxylic acids is 1. The van der Waals surface area contributed by atoms with E-state index in [1.54, 1.807) is 6.20 Å². The van der Waals surface area contributed by atoms with Gasteiger partial charge < -0.3 is 26.2 Å². The fourth-order valence-electron chi connectivity index (χ4n) is 3.00. The number of carboxylic acid groups (broad SMARTS) is 1. The smallest absolute Gasteiger partial charge is 0.311 e. The molecule has 2 rings (SSSR count). The Morgan fingerprint density at radius 1 is 1.21 bits per heavy atom. The molecular weight excluding hydrogens is 457 g/mol. The summed E-state index contributed by atoms with van der Waals surface area (Å²) in [6, 6.07) is 6.13. The molecular formula is C21H25N5NaO7. The van der Waals surface area contributed by atoms with Crippen LogP contribution in [0.3, 0.4) is 0 Å². The fraction of sp³-hybridized carbons (Fsp3) is 0.333. The van der Waals surface area contributed by atoms with Gasteiger partial charge in [-0.25, -0.2) is 4.98 Å². The number of anilines is 1. The second-order valence-electron chi connectivity index (χ2n) is 7.22. The number of aromatic hydroxyl groups is 1. The van der Waals surface area contributed by atoms with E-state index >= 15 is 0 Å². The minimum absolute atomic E-state index is 0. The molecule has 1 heterocycles. The van der Waals surface area contributed by atoms with Gasteiger partial charge in [-0.15, -0.1) is 0 Å². The van der Waals surface area contributed by atoms with Gasteiger partial charge >= 0.3 is 11.7 Å². The second kappa shape index (κ2) is 14.1. The third-order valence-electron chi connectivity index (χ3n) is 4.58. The molecule has 0 fully saturated rings. The zero-order chi connectivity index (χ0) is 24.4. The van der Waals surface area contributed by atoms with E-state index in [9.17, 15) is 29.6 Å². The largest absolute Gasteiger partial charge is 0.502 e. The van der Waals surface area contributed by atoms with Gasteiger partial charge in [0.15, 0.2) is 5.75 Å². The van der Waals surface area contributed by atoms with E-state index < -0.39 is 47.2 Å². The molecule has 1 atom stereocenters. The van der Waals surface area contributed by atoms with Crippen LogP contribution in [0.25, 0.3) is 0 Å². The summed E-state index contributed by atoms with van der Waals surface area (Å²) >= 11 is 0. The van der Waals surface area contributed by atoms with E-state index in [0.717, 1.165) is 11.6 Å². The molecule has 1 radical (unpaired) electrons. The van der Waals surface area contributed by atoms with E-state index in [2.05, 4.69) is 20.9 Å². The number of carbonyl (C=O) groups excluding carboxylic acids is 2. The van der Waals surface area contributed by atoms with Crippen molar-refractivity contribution in [1.29, 1.82) is 0 Å². The van der Waals surface area contributed by atoms with E-state index in [1.165, 1.54) is 12.1 Å². The van der Waals surface area contributed by atoms with Gasteiger partial charge in [-0.2, -0.15) is 0 Å². The van der Waals surface area contributed by atoms with E-state index in [4.69, 9.17) is 5.11 Å². The maximum Gasteiger partial charge on any atom is 0.311 e. The van der Waals surface area contributed by atoms with Crippen LogP contribution in [-0.4, -0.2) is 80.6 Å². The number of nitro benzene ring substituents is 1. The van der Waals surface area contributed by atoms with Crippen LogP contribution in [0.1, 0.15) is 36.4 Å². The monoisotopic (exact) mass is 482 g/mol. The van der Waals surface area contributed by atoms with Gasteiger partial charge in [-0.1, -0.05) is 12.1 Å². The third kappa shape index (κ3) is 9.33. The molecule has 2 aromatic rings. The molecule has 5 N–H and O–H groups in total. The molecule has 1 aromatic carbocycles. The Kier molecular flexibility index (Phi) is 12.0. The van der Waals surface area contributed by atoms with Gasteiger partial charge in [0.1, 0.15) is 5.82 Å². The first-order chi connectivity index (χ1) is 15.7.